The summed E-state index contributed by atoms with van der Waals surface area (Å²) in [7, 11) is 0. The molecule has 0 fully saturated rings. The Balaban J connectivity index is 0.00000363. The molecular formula is C24H29ClN4O3. The van der Waals surface area contributed by atoms with Gasteiger partial charge in [-0.2, -0.15) is 0 Å². The summed E-state index contributed by atoms with van der Waals surface area (Å²) >= 11 is 0. The minimum absolute atomic E-state index is 0. The highest BCUT2D eigenvalue weighted by molar-refractivity contribution is 5.80. The van der Waals surface area contributed by atoms with Crippen LogP contribution in [0.1, 0.15) is 29.8 Å². The number of unbranched alkanes of at least 4 members (excludes halogenated alkanes) is 1. The number of hydrogen-bond donors (Lipinski definition) is 4. The Morgan fingerprint density at radius 1 is 1.12 bits per heavy atom. The van der Waals surface area contributed by atoms with E-state index < -0.39 is 6.04 Å². The van der Waals surface area contributed by atoms with Gasteiger partial charge in [0.15, 0.2) is 6.04 Å². The third kappa shape index (κ3) is 6.93. The Labute approximate surface area is 193 Å². The maximum Gasteiger partial charge on any atom is 0.278 e. The standard InChI is InChI=1S/C24H28N4O3.ClH/c1-16-21(28-24(31)22(27-16)18-7-3-2-4-8-18)9-5-6-14-26-23(30)20(25)15-17-10-12-19(29)13-11-17;/h2-4,7-8,10-13,20,29H,5-6,9,14-15,25H2,1H3,(H,26,30)(H,28,31);1H/t20-;/m0./s1. The molecule has 0 unspecified atom stereocenters. The van der Waals surface area contributed by atoms with Crippen LogP contribution in [0.3, 0.4) is 0 Å². The zero-order chi connectivity index (χ0) is 22.2. The van der Waals surface area contributed by atoms with Crippen LogP contribution < -0.4 is 29.0 Å². The van der Waals surface area contributed by atoms with Crippen LogP contribution in [0, 0.1) is 6.92 Å². The van der Waals surface area contributed by atoms with Crippen LogP contribution >= 0.6 is 0 Å². The summed E-state index contributed by atoms with van der Waals surface area (Å²) < 4.78 is 0. The van der Waals surface area contributed by atoms with E-state index in [4.69, 9.17) is 0 Å². The molecule has 170 valence electrons. The number of phenolic OH excluding ortho intramolecular Hbond substituents is 1. The normalized spacial score (nSPS) is 11.4. The van der Waals surface area contributed by atoms with Crippen LogP contribution in [0.4, 0.5) is 0 Å². The number of aromatic amines is 1. The average Bonchev–Trinajstić information content (AvgIpc) is 2.77. The van der Waals surface area contributed by atoms with Crippen molar-refractivity contribution >= 4 is 5.91 Å². The molecule has 0 bridgehead atoms. The van der Waals surface area contributed by atoms with Crippen LogP contribution in [-0.4, -0.2) is 33.6 Å². The predicted molar refractivity (Wildman–Crippen MR) is 119 cm³/mol. The number of hydrogen-bond acceptors (Lipinski definition) is 4. The lowest BCUT2D eigenvalue weighted by Gasteiger charge is -2.11. The van der Waals surface area contributed by atoms with Crippen LogP contribution in [0.5, 0.6) is 5.75 Å². The molecule has 1 amide bonds. The monoisotopic (exact) mass is 456 g/mol. The highest BCUT2D eigenvalue weighted by atomic mass is 35.5. The molecule has 0 saturated carbocycles. The molecule has 8 heteroatoms. The van der Waals surface area contributed by atoms with Crippen LogP contribution in [0.2, 0.25) is 0 Å². The number of nitrogens with one attached hydrogen (secondary N) is 2. The van der Waals surface area contributed by atoms with E-state index in [1.165, 1.54) is 0 Å². The largest absolute Gasteiger partial charge is 1.00 e. The van der Waals surface area contributed by atoms with Gasteiger partial charge in [0.25, 0.3) is 11.5 Å². The van der Waals surface area contributed by atoms with Crippen molar-refractivity contribution in [1.82, 2.24) is 15.3 Å². The molecule has 1 aromatic heterocycles. The van der Waals surface area contributed by atoms with Gasteiger partial charge in [-0.15, -0.1) is 0 Å². The predicted octanol–water partition coefficient (Wildman–Crippen LogP) is -1.25. The fraction of sp³-hybridized carbons (Fsp3) is 0.292. The molecule has 6 N–H and O–H groups in total. The zero-order valence-electron chi connectivity index (χ0n) is 18.1. The minimum atomic E-state index is -0.391. The number of amides is 1. The van der Waals surface area contributed by atoms with E-state index in [2.05, 4.69) is 21.0 Å². The number of halogens is 1. The van der Waals surface area contributed by atoms with Crippen molar-refractivity contribution in [3.63, 3.8) is 0 Å². The molecule has 3 rings (SSSR count). The summed E-state index contributed by atoms with van der Waals surface area (Å²) in [4.78, 5) is 32.1. The number of aryl methyl sites for hydroxylation is 2. The van der Waals surface area contributed by atoms with Crippen molar-refractivity contribution in [2.24, 2.45) is 0 Å². The molecule has 1 heterocycles. The maximum atomic E-state index is 12.4. The lowest BCUT2D eigenvalue weighted by molar-refractivity contribution is -0.403. The molecule has 2 aromatic carbocycles. The minimum Gasteiger partial charge on any atom is -1.00 e. The van der Waals surface area contributed by atoms with Gasteiger partial charge in [0.2, 0.25) is 0 Å². The van der Waals surface area contributed by atoms with E-state index in [0.717, 1.165) is 35.4 Å². The van der Waals surface area contributed by atoms with E-state index in [9.17, 15) is 14.7 Å². The van der Waals surface area contributed by atoms with Gasteiger partial charge < -0.3 is 33.5 Å². The maximum absolute atomic E-state index is 12.4. The van der Waals surface area contributed by atoms with Gasteiger partial charge in [-0.05, 0) is 43.9 Å². The summed E-state index contributed by atoms with van der Waals surface area (Å²) in [5, 5.41) is 12.2. The number of carbonyl (C=O) groups excluding carboxylic acids is 1. The van der Waals surface area contributed by atoms with E-state index in [1.807, 2.05) is 37.3 Å². The highest BCUT2D eigenvalue weighted by Gasteiger charge is 2.17. The average molecular weight is 457 g/mol. The van der Waals surface area contributed by atoms with Crippen LogP contribution in [0.25, 0.3) is 11.3 Å². The number of quaternary nitrogens is 1. The highest BCUT2D eigenvalue weighted by Crippen LogP contribution is 2.14. The number of aromatic hydroxyl groups is 1. The van der Waals surface area contributed by atoms with E-state index in [0.29, 0.717) is 25.1 Å². The zero-order valence-corrected chi connectivity index (χ0v) is 18.9. The quantitative estimate of drug-likeness (QED) is 0.300. The number of H-pyrrole nitrogens is 1. The second-order valence-corrected chi connectivity index (χ2v) is 7.66. The van der Waals surface area contributed by atoms with E-state index >= 15 is 0 Å². The summed E-state index contributed by atoms with van der Waals surface area (Å²) in [5.41, 5.74) is 7.59. The number of aromatic nitrogens is 2. The summed E-state index contributed by atoms with van der Waals surface area (Å²) in [6, 6.07) is 15.8. The van der Waals surface area contributed by atoms with Gasteiger partial charge in [0, 0.05) is 24.2 Å². The summed E-state index contributed by atoms with van der Waals surface area (Å²) in [6.45, 7) is 2.45. The lowest BCUT2D eigenvalue weighted by atomic mass is 10.1. The topological polar surface area (TPSA) is 123 Å². The second-order valence-electron chi connectivity index (χ2n) is 7.66. The summed E-state index contributed by atoms with van der Waals surface area (Å²) in [6.07, 6.45) is 2.83. The van der Waals surface area contributed by atoms with Gasteiger partial charge in [-0.25, -0.2) is 4.98 Å². The third-order valence-electron chi connectivity index (χ3n) is 5.18. The molecule has 3 aromatic rings. The first-order valence-corrected chi connectivity index (χ1v) is 10.5. The first-order chi connectivity index (χ1) is 14.9. The number of phenols is 1. The molecular weight excluding hydrogens is 428 g/mol. The molecule has 1 atom stereocenters. The first-order valence-electron chi connectivity index (χ1n) is 10.5. The Morgan fingerprint density at radius 2 is 1.81 bits per heavy atom. The van der Waals surface area contributed by atoms with Crippen LogP contribution in [0.15, 0.2) is 59.4 Å². The molecule has 7 nitrogen and oxygen atoms in total. The van der Waals surface area contributed by atoms with Crippen molar-refractivity contribution in [2.45, 2.75) is 38.6 Å². The first kappa shape index (κ1) is 25.1. The fourth-order valence-electron chi connectivity index (χ4n) is 3.40. The number of rotatable bonds is 9. The van der Waals surface area contributed by atoms with E-state index in [-0.39, 0.29) is 29.6 Å². The SMILES string of the molecule is Cc1nc(-c2ccccc2)c(=O)[nH]c1CCCCNC(=O)[C@@H]([NH3+])Cc1ccc(O)cc1.[Cl-]. The fourth-order valence-corrected chi connectivity index (χ4v) is 3.40. The number of nitrogens with zero attached hydrogens (tertiary/aromatic N) is 1. The van der Waals surface area contributed by atoms with Crippen molar-refractivity contribution in [3.05, 3.63) is 81.9 Å². The second kappa shape index (κ2) is 12.0. The van der Waals surface area contributed by atoms with Crippen molar-refractivity contribution < 1.29 is 28.0 Å². The Kier molecular flexibility index (Phi) is 9.43. The molecule has 32 heavy (non-hydrogen) atoms. The molecule has 0 radical (unpaired) electrons. The smallest absolute Gasteiger partial charge is 0.278 e. The van der Waals surface area contributed by atoms with E-state index in [1.54, 1.807) is 24.3 Å². The van der Waals surface area contributed by atoms with Crippen LogP contribution in [-0.2, 0) is 17.6 Å². The number of benzene rings is 2. The Hall–Kier alpha value is -3.16. The third-order valence-corrected chi connectivity index (χ3v) is 5.18. The molecule has 0 aliphatic heterocycles. The molecule has 0 saturated heterocycles. The molecule has 0 spiro atoms. The van der Waals surface area contributed by atoms with Gasteiger partial charge in [0.05, 0.1) is 5.69 Å². The molecule has 0 aliphatic carbocycles. The van der Waals surface area contributed by atoms with Crippen molar-refractivity contribution in [2.75, 3.05) is 6.54 Å². The van der Waals surface area contributed by atoms with Crippen molar-refractivity contribution in [1.29, 1.82) is 0 Å². The summed E-state index contributed by atoms with van der Waals surface area (Å²) in [5.74, 6) is 0.113. The Bertz CT molecular complexity index is 1070. The lowest BCUT2D eigenvalue weighted by Crippen LogP contribution is -3.00. The van der Waals surface area contributed by atoms with Gasteiger partial charge in [-0.1, -0.05) is 42.5 Å². The van der Waals surface area contributed by atoms with Gasteiger partial charge >= 0.3 is 0 Å². The van der Waals surface area contributed by atoms with Gasteiger partial charge in [0.1, 0.15) is 11.4 Å². The van der Waals surface area contributed by atoms with Gasteiger partial charge in [-0.3, -0.25) is 9.59 Å². The Morgan fingerprint density at radius 3 is 2.50 bits per heavy atom. The molecule has 0 aliphatic rings. The number of carbonyl (C=O) groups is 1. The van der Waals surface area contributed by atoms with Crippen molar-refractivity contribution in [3.8, 4) is 17.0 Å².